The standard InChI is InChI=1S/C18H21N3O/c1-20(2)16-7-5-15(6-8-16)18(22)21-13-3-4-17(21)14-9-11-19-12-10-14/h5-12,17H,3-4,13H2,1-2H3. The molecule has 114 valence electrons. The van der Waals surface area contributed by atoms with Gasteiger partial charge in [-0.1, -0.05) is 0 Å². The van der Waals surface area contributed by atoms with Gasteiger partial charge in [0, 0.05) is 44.3 Å². The third-order valence-corrected chi connectivity index (χ3v) is 4.24. The fraction of sp³-hybridized carbons (Fsp3) is 0.333. The molecule has 1 unspecified atom stereocenters. The number of aromatic nitrogens is 1. The van der Waals surface area contributed by atoms with E-state index in [-0.39, 0.29) is 11.9 Å². The molecule has 2 aromatic rings. The Balaban J connectivity index is 1.81. The molecule has 1 saturated heterocycles. The van der Waals surface area contributed by atoms with E-state index in [1.54, 1.807) is 12.4 Å². The molecule has 0 spiro atoms. The molecule has 1 aliphatic heterocycles. The normalized spacial score (nSPS) is 17.5. The Morgan fingerprint density at radius 1 is 1.14 bits per heavy atom. The Labute approximate surface area is 131 Å². The van der Waals surface area contributed by atoms with Gasteiger partial charge in [0.2, 0.25) is 0 Å². The van der Waals surface area contributed by atoms with Gasteiger partial charge in [-0.3, -0.25) is 9.78 Å². The number of hydrogen-bond donors (Lipinski definition) is 0. The van der Waals surface area contributed by atoms with Gasteiger partial charge in [0.15, 0.2) is 0 Å². The number of pyridine rings is 1. The van der Waals surface area contributed by atoms with Crippen molar-refractivity contribution in [1.29, 1.82) is 0 Å². The van der Waals surface area contributed by atoms with E-state index in [1.807, 2.05) is 60.3 Å². The van der Waals surface area contributed by atoms with E-state index in [0.717, 1.165) is 30.6 Å². The van der Waals surface area contributed by atoms with Gasteiger partial charge in [-0.05, 0) is 54.8 Å². The Kier molecular flexibility index (Phi) is 4.09. The van der Waals surface area contributed by atoms with Crippen LogP contribution < -0.4 is 4.90 Å². The van der Waals surface area contributed by atoms with Crippen molar-refractivity contribution in [3.8, 4) is 0 Å². The molecule has 0 aliphatic carbocycles. The summed E-state index contributed by atoms with van der Waals surface area (Å²) in [4.78, 5) is 20.9. The predicted octanol–water partition coefficient (Wildman–Crippen LogP) is 3.12. The van der Waals surface area contributed by atoms with Crippen molar-refractivity contribution in [2.45, 2.75) is 18.9 Å². The maximum Gasteiger partial charge on any atom is 0.254 e. The first-order chi connectivity index (χ1) is 10.7. The van der Waals surface area contributed by atoms with Crippen molar-refractivity contribution in [2.75, 3.05) is 25.5 Å². The highest BCUT2D eigenvalue weighted by atomic mass is 16.2. The van der Waals surface area contributed by atoms with Crippen molar-refractivity contribution in [3.63, 3.8) is 0 Å². The van der Waals surface area contributed by atoms with Gasteiger partial charge in [-0.15, -0.1) is 0 Å². The van der Waals surface area contributed by atoms with Crippen LogP contribution in [-0.2, 0) is 0 Å². The van der Waals surface area contributed by atoms with Crippen molar-refractivity contribution >= 4 is 11.6 Å². The molecule has 0 bridgehead atoms. The van der Waals surface area contributed by atoms with Crippen LogP contribution in [0.15, 0.2) is 48.8 Å². The first-order valence-electron chi connectivity index (χ1n) is 7.65. The van der Waals surface area contributed by atoms with Gasteiger partial charge < -0.3 is 9.80 Å². The molecule has 22 heavy (non-hydrogen) atoms. The lowest BCUT2D eigenvalue weighted by Gasteiger charge is -2.25. The first kappa shape index (κ1) is 14.6. The highest BCUT2D eigenvalue weighted by Crippen LogP contribution is 2.32. The molecule has 1 fully saturated rings. The van der Waals surface area contributed by atoms with Crippen LogP contribution in [0, 0.1) is 0 Å². The van der Waals surface area contributed by atoms with Gasteiger partial charge in [0.1, 0.15) is 0 Å². The third-order valence-electron chi connectivity index (χ3n) is 4.24. The lowest BCUT2D eigenvalue weighted by Crippen LogP contribution is -2.30. The second-order valence-corrected chi connectivity index (χ2v) is 5.88. The number of carbonyl (C=O) groups excluding carboxylic acids is 1. The Morgan fingerprint density at radius 3 is 2.45 bits per heavy atom. The second kappa shape index (κ2) is 6.18. The van der Waals surface area contributed by atoms with E-state index < -0.39 is 0 Å². The van der Waals surface area contributed by atoms with Gasteiger partial charge in [-0.25, -0.2) is 0 Å². The zero-order valence-corrected chi connectivity index (χ0v) is 13.1. The van der Waals surface area contributed by atoms with Crippen molar-refractivity contribution in [1.82, 2.24) is 9.88 Å². The molecule has 1 amide bonds. The van der Waals surface area contributed by atoms with E-state index in [0.29, 0.717) is 0 Å². The number of likely N-dealkylation sites (tertiary alicyclic amines) is 1. The van der Waals surface area contributed by atoms with Gasteiger partial charge in [0.05, 0.1) is 6.04 Å². The van der Waals surface area contributed by atoms with Gasteiger partial charge in [-0.2, -0.15) is 0 Å². The Morgan fingerprint density at radius 2 is 1.82 bits per heavy atom. The van der Waals surface area contributed by atoms with Crippen molar-refractivity contribution < 1.29 is 4.79 Å². The average molecular weight is 295 g/mol. The largest absolute Gasteiger partial charge is 0.378 e. The number of rotatable bonds is 3. The number of amides is 1. The fourth-order valence-electron chi connectivity index (χ4n) is 3.01. The summed E-state index contributed by atoms with van der Waals surface area (Å²) in [6, 6.07) is 12.0. The lowest BCUT2D eigenvalue weighted by atomic mass is 10.1. The number of nitrogens with zero attached hydrogens (tertiary/aromatic N) is 3. The zero-order valence-electron chi connectivity index (χ0n) is 13.1. The monoisotopic (exact) mass is 295 g/mol. The minimum absolute atomic E-state index is 0.115. The molecule has 1 aromatic carbocycles. The molecule has 0 N–H and O–H groups in total. The molecule has 1 aliphatic rings. The summed E-state index contributed by atoms with van der Waals surface area (Å²) < 4.78 is 0. The SMILES string of the molecule is CN(C)c1ccc(C(=O)N2CCCC2c2ccncc2)cc1. The fourth-order valence-corrected chi connectivity index (χ4v) is 3.01. The van der Waals surface area contributed by atoms with Gasteiger partial charge in [0.25, 0.3) is 5.91 Å². The molecule has 1 aromatic heterocycles. The number of hydrogen-bond acceptors (Lipinski definition) is 3. The van der Waals surface area contributed by atoms with Crippen molar-refractivity contribution in [2.24, 2.45) is 0 Å². The smallest absolute Gasteiger partial charge is 0.254 e. The Bertz CT molecular complexity index is 637. The maximum absolute atomic E-state index is 12.8. The molecular weight excluding hydrogens is 274 g/mol. The molecule has 3 rings (SSSR count). The molecule has 4 heteroatoms. The van der Waals surface area contributed by atoms with Crippen LogP contribution in [0.3, 0.4) is 0 Å². The van der Waals surface area contributed by atoms with Crippen LogP contribution in [-0.4, -0.2) is 36.4 Å². The minimum Gasteiger partial charge on any atom is -0.378 e. The number of carbonyl (C=O) groups is 1. The quantitative estimate of drug-likeness (QED) is 0.873. The summed E-state index contributed by atoms with van der Waals surface area (Å²) >= 11 is 0. The van der Waals surface area contributed by atoms with Crippen LogP contribution in [0.1, 0.15) is 34.8 Å². The van der Waals surface area contributed by atoms with Crippen molar-refractivity contribution in [3.05, 3.63) is 59.9 Å². The summed E-state index contributed by atoms with van der Waals surface area (Å²) in [5.41, 5.74) is 3.03. The van der Waals surface area contributed by atoms with E-state index >= 15 is 0 Å². The van der Waals surface area contributed by atoms with E-state index in [1.165, 1.54) is 5.56 Å². The predicted molar refractivity (Wildman–Crippen MR) is 88.0 cm³/mol. The Hall–Kier alpha value is -2.36. The minimum atomic E-state index is 0.115. The topological polar surface area (TPSA) is 36.4 Å². The summed E-state index contributed by atoms with van der Waals surface area (Å²) in [6.45, 7) is 0.821. The van der Waals surface area contributed by atoms with Gasteiger partial charge >= 0.3 is 0 Å². The highest BCUT2D eigenvalue weighted by Gasteiger charge is 2.30. The van der Waals surface area contributed by atoms with E-state index in [9.17, 15) is 4.79 Å². The van der Waals surface area contributed by atoms with Crippen LogP contribution in [0.25, 0.3) is 0 Å². The second-order valence-electron chi connectivity index (χ2n) is 5.88. The maximum atomic E-state index is 12.8. The molecule has 4 nitrogen and oxygen atoms in total. The first-order valence-corrected chi connectivity index (χ1v) is 7.65. The van der Waals surface area contributed by atoms with Crippen LogP contribution >= 0.6 is 0 Å². The molecule has 2 heterocycles. The molecule has 1 atom stereocenters. The average Bonchev–Trinajstić information content (AvgIpc) is 3.04. The van der Waals surface area contributed by atoms with E-state index in [2.05, 4.69) is 4.98 Å². The third kappa shape index (κ3) is 2.82. The molecule has 0 radical (unpaired) electrons. The lowest BCUT2D eigenvalue weighted by molar-refractivity contribution is 0.0735. The van der Waals surface area contributed by atoms with Crippen LogP contribution in [0.4, 0.5) is 5.69 Å². The summed E-state index contributed by atoms with van der Waals surface area (Å²) in [6.07, 6.45) is 5.66. The number of anilines is 1. The van der Waals surface area contributed by atoms with Crippen LogP contribution in [0.2, 0.25) is 0 Å². The summed E-state index contributed by atoms with van der Waals surface area (Å²) in [7, 11) is 3.99. The molecule has 0 saturated carbocycles. The summed E-state index contributed by atoms with van der Waals surface area (Å²) in [5.74, 6) is 0.115. The summed E-state index contributed by atoms with van der Waals surface area (Å²) in [5, 5.41) is 0. The zero-order chi connectivity index (χ0) is 15.5. The van der Waals surface area contributed by atoms with Crippen LogP contribution in [0.5, 0.6) is 0 Å². The van der Waals surface area contributed by atoms with E-state index in [4.69, 9.17) is 0 Å². The molecular formula is C18H21N3O. The highest BCUT2D eigenvalue weighted by molar-refractivity contribution is 5.95. The number of benzene rings is 1.